The Hall–Kier alpha value is -3.21. The van der Waals surface area contributed by atoms with E-state index in [0.29, 0.717) is 5.56 Å². The molecule has 0 fully saturated rings. The lowest BCUT2D eigenvalue weighted by Crippen LogP contribution is -2.14. The SMILES string of the molecule is C=COC(=O)Oc1ccc(C(=O)C(=O)c2ccccc2)cc1. The van der Waals surface area contributed by atoms with Crippen molar-refractivity contribution in [1.82, 2.24) is 0 Å². The third-order valence-electron chi connectivity index (χ3n) is 2.74. The van der Waals surface area contributed by atoms with E-state index >= 15 is 0 Å². The summed E-state index contributed by atoms with van der Waals surface area (Å²) in [5.74, 6) is -1.04. The highest BCUT2D eigenvalue weighted by Crippen LogP contribution is 2.15. The average molecular weight is 296 g/mol. The van der Waals surface area contributed by atoms with Crippen molar-refractivity contribution in [2.45, 2.75) is 0 Å². The van der Waals surface area contributed by atoms with Crippen LogP contribution in [0.4, 0.5) is 4.79 Å². The van der Waals surface area contributed by atoms with Gasteiger partial charge in [0.2, 0.25) is 11.6 Å². The average Bonchev–Trinajstić information content (AvgIpc) is 2.55. The number of ether oxygens (including phenoxy) is 2. The highest BCUT2D eigenvalue weighted by atomic mass is 16.7. The highest BCUT2D eigenvalue weighted by Gasteiger charge is 2.18. The zero-order valence-corrected chi connectivity index (χ0v) is 11.5. The minimum absolute atomic E-state index is 0.190. The number of ketones is 2. The summed E-state index contributed by atoms with van der Waals surface area (Å²) in [5, 5.41) is 0. The molecule has 0 spiro atoms. The van der Waals surface area contributed by atoms with E-state index < -0.39 is 17.7 Å². The maximum atomic E-state index is 12.1. The van der Waals surface area contributed by atoms with Crippen molar-refractivity contribution in [2.75, 3.05) is 0 Å². The number of hydrogen-bond donors (Lipinski definition) is 0. The van der Waals surface area contributed by atoms with Gasteiger partial charge in [-0.2, -0.15) is 0 Å². The van der Waals surface area contributed by atoms with Gasteiger partial charge in [0, 0.05) is 11.1 Å². The van der Waals surface area contributed by atoms with Gasteiger partial charge >= 0.3 is 6.16 Å². The molecule has 0 bridgehead atoms. The van der Waals surface area contributed by atoms with Crippen LogP contribution in [0, 0.1) is 0 Å². The first kappa shape index (κ1) is 15.2. The van der Waals surface area contributed by atoms with Gasteiger partial charge in [0.1, 0.15) is 5.75 Å². The molecule has 5 heteroatoms. The summed E-state index contributed by atoms with van der Waals surface area (Å²) in [4.78, 5) is 35.2. The normalized spacial score (nSPS) is 9.64. The van der Waals surface area contributed by atoms with Crippen LogP contribution in [0.15, 0.2) is 67.4 Å². The Labute approximate surface area is 126 Å². The summed E-state index contributed by atoms with van der Waals surface area (Å²) < 4.78 is 9.21. The number of Topliss-reactive ketones (excluding diaryl/α,β-unsaturated/α-hetero) is 2. The van der Waals surface area contributed by atoms with E-state index in [1.54, 1.807) is 30.3 Å². The second-order valence-corrected chi connectivity index (χ2v) is 4.19. The van der Waals surface area contributed by atoms with E-state index in [9.17, 15) is 14.4 Å². The molecule has 0 aliphatic heterocycles. The van der Waals surface area contributed by atoms with Crippen LogP contribution < -0.4 is 4.74 Å². The van der Waals surface area contributed by atoms with Gasteiger partial charge in [-0.15, -0.1) is 0 Å². The highest BCUT2D eigenvalue weighted by molar-refractivity contribution is 6.49. The number of carbonyl (C=O) groups excluding carboxylic acids is 3. The van der Waals surface area contributed by atoms with Crippen molar-refractivity contribution in [3.05, 3.63) is 78.6 Å². The molecule has 0 aliphatic carbocycles. The molecule has 110 valence electrons. The standard InChI is InChI=1S/C17H12O5/c1-2-21-17(20)22-14-10-8-13(9-11-14)16(19)15(18)12-6-4-3-5-7-12/h2-11H,1H2. The number of carbonyl (C=O) groups is 3. The van der Waals surface area contributed by atoms with Crippen molar-refractivity contribution in [3.8, 4) is 5.75 Å². The van der Waals surface area contributed by atoms with Crippen LogP contribution in [-0.4, -0.2) is 17.7 Å². The van der Waals surface area contributed by atoms with Gasteiger partial charge < -0.3 is 9.47 Å². The van der Waals surface area contributed by atoms with Crippen molar-refractivity contribution in [1.29, 1.82) is 0 Å². The molecule has 0 atom stereocenters. The third-order valence-corrected chi connectivity index (χ3v) is 2.74. The molecule has 0 aromatic heterocycles. The first-order chi connectivity index (χ1) is 10.6. The molecule has 0 saturated heterocycles. The molecule has 0 N–H and O–H groups in total. The third kappa shape index (κ3) is 3.67. The molecule has 0 heterocycles. The lowest BCUT2D eigenvalue weighted by Gasteiger charge is -2.04. The summed E-state index contributed by atoms with van der Waals surface area (Å²) in [6, 6.07) is 13.9. The summed E-state index contributed by atoms with van der Waals surface area (Å²) in [6.45, 7) is 3.22. The minimum Gasteiger partial charge on any atom is -0.403 e. The molecular weight excluding hydrogens is 284 g/mol. The van der Waals surface area contributed by atoms with E-state index in [1.165, 1.54) is 24.3 Å². The lowest BCUT2D eigenvalue weighted by molar-refractivity contribution is 0.0817. The van der Waals surface area contributed by atoms with Crippen molar-refractivity contribution in [2.24, 2.45) is 0 Å². The second kappa shape index (κ2) is 6.99. The van der Waals surface area contributed by atoms with Gasteiger partial charge in [0.05, 0.1) is 6.26 Å². The van der Waals surface area contributed by atoms with Gasteiger partial charge in [-0.05, 0) is 24.3 Å². The van der Waals surface area contributed by atoms with E-state index in [2.05, 4.69) is 11.3 Å². The van der Waals surface area contributed by atoms with Crippen molar-refractivity contribution < 1.29 is 23.9 Å². The Morgan fingerprint density at radius 3 is 1.91 bits per heavy atom. The zero-order chi connectivity index (χ0) is 15.9. The number of hydrogen-bond acceptors (Lipinski definition) is 5. The van der Waals surface area contributed by atoms with Crippen LogP contribution in [0.25, 0.3) is 0 Å². The molecule has 2 aromatic carbocycles. The Morgan fingerprint density at radius 2 is 1.36 bits per heavy atom. The van der Waals surface area contributed by atoms with E-state index in [-0.39, 0.29) is 11.3 Å². The smallest absolute Gasteiger partial charge is 0.403 e. The molecule has 5 nitrogen and oxygen atoms in total. The van der Waals surface area contributed by atoms with Crippen LogP contribution >= 0.6 is 0 Å². The Bertz CT molecular complexity index is 702. The van der Waals surface area contributed by atoms with Crippen LogP contribution in [0.3, 0.4) is 0 Å². The van der Waals surface area contributed by atoms with Crippen LogP contribution in [-0.2, 0) is 4.74 Å². The monoisotopic (exact) mass is 296 g/mol. The van der Waals surface area contributed by atoms with Crippen LogP contribution in [0.5, 0.6) is 5.75 Å². The summed E-state index contributed by atoms with van der Waals surface area (Å²) in [5.41, 5.74) is 0.528. The van der Waals surface area contributed by atoms with E-state index in [4.69, 9.17) is 4.74 Å². The number of benzene rings is 2. The number of rotatable bonds is 5. The lowest BCUT2D eigenvalue weighted by atomic mass is 10.0. The Morgan fingerprint density at radius 1 is 0.818 bits per heavy atom. The van der Waals surface area contributed by atoms with E-state index in [1.807, 2.05) is 0 Å². The fourth-order valence-corrected chi connectivity index (χ4v) is 1.71. The Kier molecular flexibility index (Phi) is 4.82. The summed E-state index contributed by atoms with van der Waals surface area (Å²) in [6.07, 6.45) is 0.00750. The maximum absolute atomic E-state index is 12.1. The minimum atomic E-state index is -0.936. The fraction of sp³-hybridized carbons (Fsp3) is 0. The van der Waals surface area contributed by atoms with Gasteiger partial charge in [-0.25, -0.2) is 4.79 Å². The predicted molar refractivity (Wildman–Crippen MR) is 78.9 cm³/mol. The van der Waals surface area contributed by atoms with E-state index in [0.717, 1.165) is 6.26 Å². The van der Waals surface area contributed by atoms with Gasteiger partial charge in [0.15, 0.2) is 0 Å². The molecule has 22 heavy (non-hydrogen) atoms. The summed E-state index contributed by atoms with van der Waals surface area (Å²) in [7, 11) is 0. The molecular formula is C17H12O5. The van der Waals surface area contributed by atoms with Gasteiger partial charge in [-0.1, -0.05) is 36.9 Å². The molecule has 0 radical (unpaired) electrons. The Balaban J connectivity index is 2.10. The fourth-order valence-electron chi connectivity index (χ4n) is 1.71. The second-order valence-electron chi connectivity index (χ2n) is 4.19. The van der Waals surface area contributed by atoms with Crippen LogP contribution in [0.2, 0.25) is 0 Å². The predicted octanol–water partition coefficient (Wildman–Crippen LogP) is 3.41. The molecule has 0 unspecified atom stereocenters. The quantitative estimate of drug-likeness (QED) is 0.278. The largest absolute Gasteiger partial charge is 0.518 e. The first-order valence-corrected chi connectivity index (χ1v) is 6.35. The first-order valence-electron chi connectivity index (χ1n) is 6.35. The van der Waals surface area contributed by atoms with Crippen LogP contribution in [0.1, 0.15) is 20.7 Å². The molecule has 0 amide bonds. The maximum Gasteiger partial charge on any atom is 0.518 e. The zero-order valence-electron chi connectivity index (χ0n) is 11.5. The van der Waals surface area contributed by atoms with Gasteiger partial charge in [0.25, 0.3) is 0 Å². The van der Waals surface area contributed by atoms with Gasteiger partial charge in [-0.3, -0.25) is 9.59 Å². The van der Waals surface area contributed by atoms with Crippen molar-refractivity contribution in [3.63, 3.8) is 0 Å². The van der Waals surface area contributed by atoms with Crippen molar-refractivity contribution >= 4 is 17.7 Å². The summed E-state index contributed by atoms with van der Waals surface area (Å²) >= 11 is 0. The molecule has 2 rings (SSSR count). The molecule has 0 saturated carbocycles. The molecule has 0 aliphatic rings. The molecule has 2 aromatic rings. The topological polar surface area (TPSA) is 69.7 Å².